The molecule has 0 aromatic carbocycles. The average Bonchev–Trinajstić information content (AvgIpc) is 2.82. The summed E-state index contributed by atoms with van der Waals surface area (Å²) in [6, 6.07) is 5.81. The van der Waals surface area contributed by atoms with Crippen LogP contribution < -0.4 is 5.32 Å². The van der Waals surface area contributed by atoms with Crippen molar-refractivity contribution in [2.75, 3.05) is 20.6 Å². The Bertz CT molecular complexity index is 603. The lowest BCUT2D eigenvalue weighted by Crippen LogP contribution is -2.27. The summed E-state index contributed by atoms with van der Waals surface area (Å²) in [5.74, 6) is -0.0772. The Kier molecular flexibility index (Phi) is 5.33. The standard InChI is InChI=1S/C16H24N4O/c1-4-5-7-10-17-16(21)15-13(12-19(2)3)20-11-8-6-9-14(20)18-15/h6,8-9,11H,4-5,7,10,12H2,1-3H3,(H,17,21). The van der Waals surface area contributed by atoms with Crippen LogP contribution in [0, 0.1) is 0 Å². The van der Waals surface area contributed by atoms with Crippen molar-refractivity contribution in [1.29, 1.82) is 0 Å². The number of amides is 1. The van der Waals surface area contributed by atoms with E-state index in [1.54, 1.807) is 0 Å². The molecule has 0 saturated heterocycles. The monoisotopic (exact) mass is 288 g/mol. The minimum Gasteiger partial charge on any atom is -0.351 e. The van der Waals surface area contributed by atoms with E-state index in [0.717, 1.165) is 30.6 Å². The minimum atomic E-state index is -0.0772. The lowest BCUT2D eigenvalue weighted by Gasteiger charge is -2.11. The van der Waals surface area contributed by atoms with E-state index >= 15 is 0 Å². The first-order valence-corrected chi connectivity index (χ1v) is 7.52. The molecule has 0 bridgehead atoms. The fraction of sp³-hybridized carbons (Fsp3) is 0.500. The van der Waals surface area contributed by atoms with Crippen molar-refractivity contribution >= 4 is 11.6 Å². The van der Waals surface area contributed by atoms with Gasteiger partial charge in [0.2, 0.25) is 0 Å². The SMILES string of the molecule is CCCCCNC(=O)c1nc2ccccn2c1CN(C)C. The van der Waals surface area contributed by atoms with E-state index in [0.29, 0.717) is 18.8 Å². The molecule has 2 aromatic rings. The van der Waals surface area contributed by atoms with E-state index in [4.69, 9.17) is 0 Å². The number of aromatic nitrogens is 2. The molecular formula is C16H24N4O. The maximum absolute atomic E-state index is 12.4. The number of hydrogen-bond donors (Lipinski definition) is 1. The number of fused-ring (bicyclic) bond motifs is 1. The van der Waals surface area contributed by atoms with Gasteiger partial charge in [0.05, 0.1) is 5.69 Å². The Hall–Kier alpha value is -1.88. The van der Waals surface area contributed by atoms with E-state index in [1.165, 1.54) is 0 Å². The molecule has 0 aliphatic carbocycles. The van der Waals surface area contributed by atoms with Crippen molar-refractivity contribution < 1.29 is 4.79 Å². The Morgan fingerprint density at radius 1 is 1.33 bits per heavy atom. The van der Waals surface area contributed by atoms with Crippen LogP contribution in [0.15, 0.2) is 24.4 Å². The van der Waals surface area contributed by atoms with Crippen LogP contribution in [-0.2, 0) is 6.54 Å². The number of pyridine rings is 1. The van der Waals surface area contributed by atoms with Gasteiger partial charge in [-0.25, -0.2) is 4.98 Å². The molecule has 1 N–H and O–H groups in total. The van der Waals surface area contributed by atoms with Crippen LogP contribution in [0.5, 0.6) is 0 Å². The largest absolute Gasteiger partial charge is 0.351 e. The topological polar surface area (TPSA) is 49.6 Å². The van der Waals surface area contributed by atoms with Gasteiger partial charge in [-0.05, 0) is 32.6 Å². The zero-order valence-electron chi connectivity index (χ0n) is 13.1. The second kappa shape index (κ2) is 7.22. The number of carbonyl (C=O) groups is 1. The Morgan fingerprint density at radius 2 is 2.14 bits per heavy atom. The number of unbranched alkanes of at least 4 members (excludes halogenated alkanes) is 2. The number of nitrogens with one attached hydrogen (secondary N) is 1. The summed E-state index contributed by atoms with van der Waals surface area (Å²) in [4.78, 5) is 18.9. The highest BCUT2D eigenvalue weighted by molar-refractivity contribution is 5.94. The average molecular weight is 288 g/mol. The summed E-state index contributed by atoms with van der Waals surface area (Å²) in [7, 11) is 3.98. The summed E-state index contributed by atoms with van der Waals surface area (Å²) in [6.45, 7) is 3.55. The van der Waals surface area contributed by atoms with Gasteiger partial charge >= 0.3 is 0 Å². The normalized spacial score (nSPS) is 11.2. The molecule has 5 heteroatoms. The highest BCUT2D eigenvalue weighted by Gasteiger charge is 2.18. The third-order valence-electron chi connectivity index (χ3n) is 3.38. The number of rotatable bonds is 7. The number of imidazole rings is 1. The molecule has 5 nitrogen and oxygen atoms in total. The molecule has 2 aromatic heterocycles. The Labute approximate surface area is 126 Å². The molecule has 0 atom stereocenters. The Morgan fingerprint density at radius 3 is 2.86 bits per heavy atom. The maximum atomic E-state index is 12.4. The first-order chi connectivity index (χ1) is 10.1. The second-order valence-electron chi connectivity index (χ2n) is 5.54. The second-order valence-corrected chi connectivity index (χ2v) is 5.54. The predicted octanol–water partition coefficient (Wildman–Crippen LogP) is 2.32. The maximum Gasteiger partial charge on any atom is 0.271 e. The molecule has 0 saturated carbocycles. The van der Waals surface area contributed by atoms with Gasteiger partial charge in [-0.1, -0.05) is 25.8 Å². The Balaban J connectivity index is 2.22. The summed E-state index contributed by atoms with van der Waals surface area (Å²) < 4.78 is 1.99. The highest BCUT2D eigenvalue weighted by atomic mass is 16.1. The summed E-state index contributed by atoms with van der Waals surface area (Å²) in [5, 5.41) is 2.98. The van der Waals surface area contributed by atoms with Crippen LogP contribution in [0.25, 0.3) is 5.65 Å². The van der Waals surface area contributed by atoms with Gasteiger partial charge in [0.15, 0.2) is 5.69 Å². The van der Waals surface area contributed by atoms with Gasteiger partial charge in [0, 0.05) is 19.3 Å². The predicted molar refractivity (Wildman–Crippen MR) is 84.4 cm³/mol. The number of nitrogens with zero attached hydrogens (tertiary/aromatic N) is 3. The summed E-state index contributed by atoms with van der Waals surface area (Å²) in [6.07, 6.45) is 5.25. The molecule has 2 rings (SSSR count). The first-order valence-electron chi connectivity index (χ1n) is 7.52. The van der Waals surface area contributed by atoms with E-state index < -0.39 is 0 Å². The highest BCUT2D eigenvalue weighted by Crippen LogP contribution is 2.14. The fourth-order valence-corrected chi connectivity index (χ4v) is 2.34. The van der Waals surface area contributed by atoms with Crippen LogP contribution in [0.2, 0.25) is 0 Å². The van der Waals surface area contributed by atoms with E-state index in [1.807, 2.05) is 47.8 Å². The fourth-order valence-electron chi connectivity index (χ4n) is 2.34. The van der Waals surface area contributed by atoms with Crippen LogP contribution >= 0.6 is 0 Å². The zero-order chi connectivity index (χ0) is 15.2. The molecule has 0 unspecified atom stereocenters. The molecule has 0 aliphatic rings. The lowest BCUT2D eigenvalue weighted by atomic mass is 10.2. The van der Waals surface area contributed by atoms with Gasteiger partial charge < -0.3 is 14.6 Å². The van der Waals surface area contributed by atoms with Crippen molar-refractivity contribution in [3.8, 4) is 0 Å². The molecule has 0 aliphatic heterocycles. The van der Waals surface area contributed by atoms with Gasteiger partial charge in [0.25, 0.3) is 5.91 Å². The van der Waals surface area contributed by atoms with E-state index in [-0.39, 0.29) is 5.91 Å². The molecule has 2 heterocycles. The number of carbonyl (C=O) groups excluding carboxylic acids is 1. The summed E-state index contributed by atoms with van der Waals surface area (Å²) >= 11 is 0. The molecule has 114 valence electrons. The zero-order valence-corrected chi connectivity index (χ0v) is 13.1. The van der Waals surface area contributed by atoms with Crippen molar-refractivity contribution in [3.05, 3.63) is 35.8 Å². The van der Waals surface area contributed by atoms with Crippen molar-refractivity contribution in [1.82, 2.24) is 19.6 Å². The lowest BCUT2D eigenvalue weighted by molar-refractivity contribution is 0.0947. The smallest absolute Gasteiger partial charge is 0.271 e. The van der Waals surface area contributed by atoms with E-state index in [9.17, 15) is 4.79 Å². The molecule has 21 heavy (non-hydrogen) atoms. The quantitative estimate of drug-likeness (QED) is 0.795. The third-order valence-corrected chi connectivity index (χ3v) is 3.38. The molecule has 1 amide bonds. The van der Waals surface area contributed by atoms with E-state index in [2.05, 4.69) is 17.2 Å². The van der Waals surface area contributed by atoms with Crippen molar-refractivity contribution in [2.24, 2.45) is 0 Å². The minimum absolute atomic E-state index is 0.0772. The van der Waals surface area contributed by atoms with Crippen LogP contribution in [0.1, 0.15) is 42.4 Å². The van der Waals surface area contributed by atoms with Crippen molar-refractivity contribution in [2.45, 2.75) is 32.7 Å². The van der Waals surface area contributed by atoms with Crippen LogP contribution in [-0.4, -0.2) is 40.8 Å². The third kappa shape index (κ3) is 3.82. The molecule has 0 radical (unpaired) electrons. The molecule has 0 fully saturated rings. The van der Waals surface area contributed by atoms with Gasteiger partial charge in [-0.3, -0.25) is 4.79 Å². The summed E-state index contributed by atoms with van der Waals surface area (Å²) in [5.41, 5.74) is 2.28. The van der Waals surface area contributed by atoms with Gasteiger partial charge in [-0.15, -0.1) is 0 Å². The molecular weight excluding hydrogens is 264 g/mol. The number of hydrogen-bond acceptors (Lipinski definition) is 3. The van der Waals surface area contributed by atoms with Crippen molar-refractivity contribution in [3.63, 3.8) is 0 Å². The molecule has 0 spiro atoms. The first kappa shape index (κ1) is 15.5. The van der Waals surface area contributed by atoms with Gasteiger partial charge in [0.1, 0.15) is 5.65 Å². The van der Waals surface area contributed by atoms with Crippen LogP contribution in [0.3, 0.4) is 0 Å². The van der Waals surface area contributed by atoms with Crippen LogP contribution in [0.4, 0.5) is 0 Å². The van der Waals surface area contributed by atoms with Gasteiger partial charge in [-0.2, -0.15) is 0 Å².